The lowest BCUT2D eigenvalue weighted by molar-refractivity contribution is 0.0630. The summed E-state index contributed by atoms with van der Waals surface area (Å²) >= 11 is 0. The van der Waals surface area contributed by atoms with Crippen molar-refractivity contribution in [2.45, 2.75) is 20.1 Å². The highest BCUT2D eigenvalue weighted by molar-refractivity contribution is 6.26. The first kappa shape index (κ1) is 15.5. The van der Waals surface area contributed by atoms with E-state index in [-0.39, 0.29) is 25.0 Å². The molecule has 0 saturated carbocycles. The number of furan rings is 1. The van der Waals surface area contributed by atoms with Gasteiger partial charge in [-0.1, -0.05) is 18.2 Å². The van der Waals surface area contributed by atoms with Gasteiger partial charge in [-0.3, -0.25) is 14.5 Å². The van der Waals surface area contributed by atoms with Crippen molar-refractivity contribution in [3.8, 4) is 0 Å². The maximum atomic E-state index is 13.0. The zero-order chi connectivity index (χ0) is 17.6. The van der Waals surface area contributed by atoms with Gasteiger partial charge in [0, 0.05) is 12.5 Å². The van der Waals surface area contributed by atoms with Crippen LogP contribution < -0.4 is 0 Å². The van der Waals surface area contributed by atoms with Crippen molar-refractivity contribution in [2.75, 3.05) is 7.11 Å². The highest BCUT2D eigenvalue weighted by Gasteiger charge is 2.40. The number of carbonyl (C=O) groups is 2. The third-order valence-electron chi connectivity index (χ3n) is 4.28. The minimum atomic E-state index is -0.362. The molecule has 2 aromatic heterocycles. The largest absolute Gasteiger partial charge is 0.464 e. The van der Waals surface area contributed by atoms with Crippen LogP contribution in [0.15, 0.2) is 40.8 Å². The third kappa shape index (κ3) is 2.42. The Hall–Kier alpha value is -2.99. The van der Waals surface area contributed by atoms with Crippen LogP contribution in [0.2, 0.25) is 0 Å². The summed E-state index contributed by atoms with van der Waals surface area (Å²) in [7, 11) is 1.54. The Kier molecular flexibility index (Phi) is 3.62. The summed E-state index contributed by atoms with van der Waals surface area (Å²) in [6, 6.07) is 10.9. The first-order chi connectivity index (χ1) is 12.1. The number of aromatic nitrogens is 1. The molecule has 2 amide bonds. The number of pyridine rings is 1. The first-order valence-corrected chi connectivity index (χ1v) is 7.92. The van der Waals surface area contributed by atoms with E-state index in [1.54, 1.807) is 12.1 Å². The second-order valence-electron chi connectivity index (χ2n) is 5.97. The normalized spacial score (nSPS) is 13.8. The molecule has 3 heterocycles. The molecule has 3 aromatic rings. The summed E-state index contributed by atoms with van der Waals surface area (Å²) < 4.78 is 10.7. The number of ether oxygens (including phenoxy) is 1. The van der Waals surface area contributed by atoms with Gasteiger partial charge in [-0.25, -0.2) is 4.98 Å². The lowest BCUT2D eigenvalue weighted by Gasteiger charge is -2.11. The van der Waals surface area contributed by atoms with Crippen LogP contribution in [-0.4, -0.2) is 28.8 Å². The fourth-order valence-corrected chi connectivity index (χ4v) is 3.19. The molecule has 0 spiro atoms. The SMILES string of the molecule is COCc1nc2ccccc2c2c1C(=O)N(Cc1ccc(C)o1)C2=O. The molecule has 0 N–H and O–H groups in total. The summed E-state index contributed by atoms with van der Waals surface area (Å²) in [6.45, 7) is 2.08. The molecule has 1 aromatic carbocycles. The molecular weight excluding hydrogens is 320 g/mol. The molecule has 0 atom stereocenters. The fourth-order valence-electron chi connectivity index (χ4n) is 3.19. The maximum absolute atomic E-state index is 13.0. The molecule has 0 unspecified atom stereocenters. The van der Waals surface area contributed by atoms with Crippen LogP contribution in [-0.2, 0) is 17.9 Å². The van der Waals surface area contributed by atoms with Crippen LogP contribution >= 0.6 is 0 Å². The van der Waals surface area contributed by atoms with Crippen LogP contribution in [0.4, 0.5) is 0 Å². The summed E-state index contributed by atoms with van der Waals surface area (Å²) in [5, 5.41) is 0.675. The molecule has 1 aliphatic heterocycles. The maximum Gasteiger partial charge on any atom is 0.263 e. The number of rotatable bonds is 4. The average molecular weight is 336 g/mol. The Morgan fingerprint density at radius 1 is 1.08 bits per heavy atom. The number of methoxy groups -OCH3 is 1. The number of aryl methyl sites for hydroxylation is 1. The predicted octanol–water partition coefficient (Wildman–Crippen LogP) is 3.08. The van der Waals surface area contributed by atoms with E-state index >= 15 is 0 Å². The van der Waals surface area contributed by atoms with Crippen LogP contribution in [0.5, 0.6) is 0 Å². The number of amides is 2. The van der Waals surface area contributed by atoms with Gasteiger partial charge in [0.15, 0.2) is 0 Å². The Labute approximate surface area is 144 Å². The second-order valence-corrected chi connectivity index (χ2v) is 5.97. The van der Waals surface area contributed by atoms with E-state index < -0.39 is 0 Å². The number of benzene rings is 1. The summed E-state index contributed by atoms with van der Waals surface area (Å²) in [5.74, 6) is 0.612. The van der Waals surface area contributed by atoms with Crippen molar-refractivity contribution < 1.29 is 18.7 Å². The number of hydrogen-bond acceptors (Lipinski definition) is 5. The average Bonchev–Trinajstić information content (AvgIpc) is 3.12. The van der Waals surface area contributed by atoms with E-state index in [0.717, 1.165) is 5.76 Å². The van der Waals surface area contributed by atoms with Crippen LogP contribution in [0.25, 0.3) is 10.9 Å². The molecular formula is C19H16N2O4. The van der Waals surface area contributed by atoms with Gasteiger partial charge in [0.05, 0.1) is 35.5 Å². The molecule has 6 heteroatoms. The van der Waals surface area contributed by atoms with E-state index in [2.05, 4.69) is 4.98 Å². The monoisotopic (exact) mass is 336 g/mol. The molecule has 1 aliphatic rings. The van der Waals surface area contributed by atoms with Crippen molar-refractivity contribution in [1.29, 1.82) is 0 Å². The molecule has 126 valence electrons. The van der Waals surface area contributed by atoms with E-state index in [1.165, 1.54) is 12.0 Å². The summed E-state index contributed by atoms with van der Waals surface area (Å²) in [5.41, 5.74) is 1.87. The summed E-state index contributed by atoms with van der Waals surface area (Å²) in [6.07, 6.45) is 0. The van der Waals surface area contributed by atoms with Crippen LogP contribution in [0, 0.1) is 6.92 Å². The molecule has 4 rings (SSSR count). The second kappa shape index (κ2) is 5.82. The van der Waals surface area contributed by atoms with Gasteiger partial charge in [0.1, 0.15) is 11.5 Å². The highest BCUT2D eigenvalue weighted by Crippen LogP contribution is 2.32. The quantitative estimate of drug-likeness (QED) is 0.685. The Balaban J connectivity index is 1.86. The fraction of sp³-hybridized carbons (Fsp3) is 0.211. The zero-order valence-corrected chi connectivity index (χ0v) is 13.9. The molecule has 6 nitrogen and oxygen atoms in total. The molecule has 0 aliphatic carbocycles. The number of hydrogen-bond donors (Lipinski definition) is 0. The van der Waals surface area contributed by atoms with Crippen LogP contribution in [0.3, 0.4) is 0 Å². The smallest absolute Gasteiger partial charge is 0.263 e. The van der Waals surface area contributed by atoms with Crippen molar-refractivity contribution in [1.82, 2.24) is 9.88 Å². The zero-order valence-electron chi connectivity index (χ0n) is 13.9. The lowest BCUT2D eigenvalue weighted by Crippen LogP contribution is -2.29. The highest BCUT2D eigenvalue weighted by atomic mass is 16.5. The first-order valence-electron chi connectivity index (χ1n) is 7.92. The van der Waals surface area contributed by atoms with Gasteiger partial charge in [-0.15, -0.1) is 0 Å². The van der Waals surface area contributed by atoms with E-state index in [4.69, 9.17) is 9.15 Å². The van der Waals surface area contributed by atoms with Crippen molar-refractivity contribution in [3.05, 3.63) is 64.7 Å². The van der Waals surface area contributed by atoms with Gasteiger partial charge in [-0.2, -0.15) is 0 Å². The van der Waals surface area contributed by atoms with Gasteiger partial charge < -0.3 is 9.15 Å². The molecule has 0 radical (unpaired) electrons. The van der Waals surface area contributed by atoms with Gasteiger partial charge in [0.25, 0.3) is 11.8 Å². The van der Waals surface area contributed by atoms with E-state index in [9.17, 15) is 9.59 Å². The minimum absolute atomic E-state index is 0.0982. The Bertz CT molecular complexity index is 1010. The Morgan fingerprint density at radius 3 is 2.56 bits per heavy atom. The van der Waals surface area contributed by atoms with E-state index in [0.29, 0.717) is 33.5 Å². The number of para-hydroxylation sites is 1. The predicted molar refractivity (Wildman–Crippen MR) is 90.1 cm³/mol. The molecule has 0 fully saturated rings. The number of imide groups is 1. The number of fused-ring (bicyclic) bond motifs is 3. The van der Waals surface area contributed by atoms with E-state index in [1.807, 2.05) is 31.2 Å². The number of carbonyl (C=O) groups excluding carboxylic acids is 2. The van der Waals surface area contributed by atoms with Gasteiger partial charge in [0.2, 0.25) is 0 Å². The Morgan fingerprint density at radius 2 is 1.84 bits per heavy atom. The summed E-state index contributed by atoms with van der Waals surface area (Å²) in [4.78, 5) is 31.6. The number of nitrogens with zero attached hydrogens (tertiary/aromatic N) is 2. The molecule has 0 saturated heterocycles. The van der Waals surface area contributed by atoms with Gasteiger partial charge >= 0.3 is 0 Å². The van der Waals surface area contributed by atoms with Crippen molar-refractivity contribution >= 4 is 22.7 Å². The lowest BCUT2D eigenvalue weighted by atomic mass is 10.0. The van der Waals surface area contributed by atoms with Crippen molar-refractivity contribution in [2.24, 2.45) is 0 Å². The third-order valence-corrected chi connectivity index (χ3v) is 4.28. The topological polar surface area (TPSA) is 72.6 Å². The molecule has 0 bridgehead atoms. The van der Waals surface area contributed by atoms with Crippen molar-refractivity contribution in [3.63, 3.8) is 0 Å². The minimum Gasteiger partial charge on any atom is -0.464 e. The molecule has 25 heavy (non-hydrogen) atoms. The van der Waals surface area contributed by atoms with Gasteiger partial charge in [-0.05, 0) is 25.1 Å². The van der Waals surface area contributed by atoms with Crippen LogP contribution in [0.1, 0.15) is 37.9 Å². The standard InChI is InChI=1S/C19H16N2O4/c1-11-7-8-12(25-11)9-21-18(22)16-13-5-3-4-6-14(13)20-15(10-24-2)17(16)19(21)23/h3-8H,9-10H2,1-2H3.